The highest BCUT2D eigenvalue weighted by Gasteiger charge is 2.18. The Morgan fingerprint density at radius 2 is 2.13 bits per heavy atom. The number of nitrogens with zero attached hydrogens (tertiary/aromatic N) is 1. The Morgan fingerprint density at radius 3 is 2.60 bits per heavy atom. The van der Waals surface area contributed by atoms with Crippen LogP contribution in [0.3, 0.4) is 0 Å². The van der Waals surface area contributed by atoms with Crippen LogP contribution >= 0.6 is 12.4 Å². The van der Waals surface area contributed by atoms with Crippen LogP contribution in [0.25, 0.3) is 0 Å². The molecule has 1 N–H and O–H groups in total. The Labute approximate surface area is 94.7 Å². The summed E-state index contributed by atoms with van der Waals surface area (Å²) in [5.74, 6) is 0.678. The summed E-state index contributed by atoms with van der Waals surface area (Å²) >= 11 is 0. The molecule has 0 unspecified atom stereocenters. The van der Waals surface area contributed by atoms with Gasteiger partial charge in [-0.3, -0.25) is 4.79 Å². The van der Waals surface area contributed by atoms with Crippen LogP contribution < -0.4 is 15.6 Å². The van der Waals surface area contributed by atoms with E-state index in [0.29, 0.717) is 5.75 Å². The minimum absolute atomic E-state index is 0. The molecule has 15 heavy (non-hydrogen) atoms. The van der Waals surface area contributed by atoms with Crippen LogP contribution in [0.15, 0.2) is 16.9 Å². The molecular weight excluding hydrogens is 216 g/mol. The molecule has 5 heteroatoms. The van der Waals surface area contributed by atoms with E-state index in [9.17, 15) is 4.79 Å². The maximum Gasteiger partial charge on any atom is 0.254 e. The minimum atomic E-state index is -0.0210. The molecule has 0 aromatic carbocycles. The molecule has 1 saturated heterocycles. The first-order chi connectivity index (χ1) is 6.66. The third-order valence-corrected chi connectivity index (χ3v) is 2.52. The molecule has 0 spiro atoms. The van der Waals surface area contributed by atoms with Gasteiger partial charge in [0, 0.05) is 31.9 Å². The molecular formula is C10H15ClN2O2. The number of ether oxygens (including phenoxy) is 1. The molecule has 0 amide bonds. The summed E-state index contributed by atoms with van der Waals surface area (Å²) in [4.78, 5) is 11.4. The Kier molecular flexibility index (Phi) is 3.77. The van der Waals surface area contributed by atoms with Crippen molar-refractivity contribution in [3.8, 4) is 5.75 Å². The van der Waals surface area contributed by atoms with Crippen molar-refractivity contribution >= 4 is 12.4 Å². The van der Waals surface area contributed by atoms with E-state index in [1.807, 2.05) is 13.0 Å². The SMILES string of the molecule is Cc1cc(OC2CNC2)cc(=O)n1C.Cl. The van der Waals surface area contributed by atoms with Crippen LogP contribution in [0.5, 0.6) is 5.75 Å². The number of aromatic nitrogens is 1. The second kappa shape index (κ2) is 4.68. The molecule has 0 radical (unpaired) electrons. The number of rotatable bonds is 2. The summed E-state index contributed by atoms with van der Waals surface area (Å²) < 4.78 is 7.19. The molecule has 1 aromatic rings. The van der Waals surface area contributed by atoms with Gasteiger partial charge in [0.1, 0.15) is 11.9 Å². The largest absolute Gasteiger partial charge is 0.488 e. The minimum Gasteiger partial charge on any atom is -0.488 e. The summed E-state index contributed by atoms with van der Waals surface area (Å²) in [6, 6.07) is 3.42. The van der Waals surface area contributed by atoms with Gasteiger partial charge in [-0.1, -0.05) is 0 Å². The van der Waals surface area contributed by atoms with E-state index in [0.717, 1.165) is 18.8 Å². The molecule has 0 bridgehead atoms. The van der Waals surface area contributed by atoms with Crippen molar-refractivity contribution in [1.29, 1.82) is 0 Å². The fourth-order valence-electron chi connectivity index (χ4n) is 1.34. The average Bonchev–Trinajstić information content (AvgIpc) is 2.07. The Hall–Kier alpha value is -1.00. The second-order valence-corrected chi connectivity index (χ2v) is 3.63. The van der Waals surface area contributed by atoms with Gasteiger partial charge in [-0.25, -0.2) is 0 Å². The number of aryl methyl sites for hydroxylation is 1. The lowest BCUT2D eigenvalue weighted by atomic mass is 10.2. The molecule has 4 nitrogen and oxygen atoms in total. The Bertz CT molecular complexity index is 399. The monoisotopic (exact) mass is 230 g/mol. The van der Waals surface area contributed by atoms with Gasteiger partial charge in [0.05, 0.1) is 0 Å². The molecule has 0 atom stereocenters. The average molecular weight is 231 g/mol. The summed E-state index contributed by atoms with van der Waals surface area (Å²) in [7, 11) is 1.76. The number of hydrogen-bond donors (Lipinski definition) is 1. The highest BCUT2D eigenvalue weighted by Crippen LogP contribution is 2.12. The molecule has 1 fully saturated rings. The second-order valence-electron chi connectivity index (χ2n) is 3.63. The predicted octanol–water partition coefficient (Wildman–Crippen LogP) is 0.466. The molecule has 2 rings (SSSR count). The third kappa shape index (κ3) is 2.52. The number of nitrogens with one attached hydrogen (secondary N) is 1. The van der Waals surface area contributed by atoms with Crippen molar-refractivity contribution in [1.82, 2.24) is 9.88 Å². The zero-order chi connectivity index (χ0) is 10.1. The van der Waals surface area contributed by atoms with E-state index in [-0.39, 0.29) is 24.1 Å². The first-order valence-electron chi connectivity index (χ1n) is 4.72. The maximum absolute atomic E-state index is 11.4. The van der Waals surface area contributed by atoms with Crippen LogP contribution in [0.1, 0.15) is 5.69 Å². The zero-order valence-electron chi connectivity index (χ0n) is 8.82. The number of hydrogen-bond acceptors (Lipinski definition) is 3. The topological polar surface area (TPSA) is 43.3 Å². The quantitative estimate of drug-likeness (QED) is 0.803. The van der Waals surface area contributed by atoms with Gasteiger partial charge < -0.3 is 14.6 Å². The molecule has 0 aliphatic carbocycles. The van der Waals surface area contributed by atoms with E-state index in [2.05, 4.69) is 5.32 Å². The van der Waals surface area contributed by atoms with Crippen LogP contribution in [-0.2, 0) is 7.05 Å². The van der Waals surface area contributed by atoms with E-state index in [4.69, 9.17) is 4.74 Å². The number of halogens is 1. The Balaban J connectivity index is 0.00000112. The summed E-state index contributed by atoms with van der Waals surface area (Å²) in [6.45, 7) is 3.63. The van der Waals surface area contributed by atoms with Crippen molar-refractivity contribution < 1.29 is 4.74 Å². The van der Waals surface area contributed by atoms with Crippen LogP contribution in [0.4, 0.5) is 0 Å². The van der Waals surface area contributed by atoms with Crippen molar-refractivity contribution in [3.63, 3.8) is 0 Å². The third-order valence-electron chi connectivity index (χ3n) is 2.52. The fourth-order valence-corrected chi connectivity index (χ4v) is 1.34. The normalized spacial score (nSPS) is 15.3. The molecule has 84 valence electrons. The first kappa shape index (κ1) is 12.1. The number of pyridine rings is 1. The van der Waals surface area contributed by atoms with Gasteiger partial charge in [0.2, 0.25) is 0 Å². The van der Waals surface area contributed by atoms with E-state index in [1.165, 1.54) is 6.07 Å². The summed E-state index contributed by atoms with van der Waals surface area (Å²) in [5.41, 5.74) is 0.895. The summed E-state index contributed by atoms with van der Waals surface area (Å²) in [5, 5.41) is 3.11. The van der Waals surface area contributed by atoms with Gasteiger partial charge >= 0.3 is 0 Å². The van der Waals surface area contributed by atoms with Crippen LogP contribution in [0, 0.1) is 6.92 Å². The van der Waals surface area contributed by atoms with Gasteiger partial charge in [0.15, 0.2) is 0 Å². The molecule has 0 saturated carbocycles. The molecule has 1 aliphatic rings. The van der Waals surface area contributed by atoms with Crippen LogP contribution in [0.2, 0.25) is 0 Å². The van der Waals surface area contributed by atoms with Gasteiger partial charge in [0.25, 0.3) is 5.56 Å². The summed E-state index contributed by atoms with van der Waals surface area (Å²) in [6.07, 6.45) is 0.224. The maximum atomic E-state index is 11.4. The lowest BCUT2D eigenvalue weighted by Gasteiger charge is -2.27. The van der Waals surface area contributed by atoms with Gasteiger partial charge in [-0.2, -0.15) is 0 Å². The Morgan fingerprint density at radius 1 is 1.47 bits per heavy atom. The smallest absolute Gasteiger partial charge is 0.254 e. The lowest BCUT2D eigenvalue weighted by molar-refractivity contribution is 0.141. The van der Waals surface area contributed by atoms with E-state index >= 15 is 0 Å². The van der Waals surface area contributed by atoms with Crippen molar-refractivity contribution in [2.75, 3.05) is 13.1 Å². The molecule has 1 aliphatic heterocycles. The highest BCUT2D eigenvalue weighted by atomic mass is 35.5. The van der Waals surface area contributed by atoms with Crippen LogP contribution in [-0.4, -0.2) is 23.8 Å². The molecule has 1 aromatic heterocycles. The van der Waals surface area contributed by atoms with Crippen molar-refractivity contribution in [2.45, 2.75) is 13.0 Å². The molecule has 2 heterocycles. The van der Waals surface area contributed by atoms with Gasteiger partial charge in [-0.15, -0.1) is 12.4 Å². The standard InChI is InChI=1S/C10H14N2O2.ClH/c1-7-3-8(4-10(13)12(7)2)14-9-5-11-6-9;/h3-4,9,11H,5-6H2,1-2H3;1H. The van der Waals surface area contributed by atoms with E-state index in [1.54, 1.807) is 11.6 Å². The zero-order valence-corrected chi connectivity index (χ0v) is 9.63. The fraction of sp³-hybridized carbons (Fsp3) is 0.500. The lowest BCUT2D eigenvalue weighted by Crippen LogP contribution is -2.50. The predicted molar refractivity (Wildman–Crippen MR) is 61.0 cm³/mol. The van der Waals surface area contributed by atoms with Crippen molar-refractivity contribution in [3.05, 3.63) is 28.2 Å². The first-order valence-corrected chi connectivity index (χ1v) is 4.72. The van der Waals surface area contributed by atoms with E-state index < -0.39 is 0 Å². The van der Waals surface area contributed by atoms with Crippen molar-refractivity contribution in [2.24, 2.45) is 7.05 Å². The highest BCUT2D eigenvalue weighted by molar-refractivity contribution is 5.85. The van der Waals surface area contributed by atoms with Gasteiger partial charge in [-0.05, 0) is 13.0 Å².